The Hall–Kier alpha value is -0.570. The van der Waals surface area contributed by atoms with Crippen LogP contribution in [0.1, 0.15) is 93.4 Å². The van der Waals surface area contributed by atoms with Gasteiger partial charge in [-0.2, -0.15) is 0 Å². The molecule has 5 fully saturated rings. The van der Waals surface area contributed by atoms with Crippen molar-refractivity contribution < 1.29 is 14.3 Å². The highest BCUT2D eigenvalue weighted by atomic mass is 16.6. The zero-order valence-electron chi connectivity index (χ0n) is 19.1. The lowest BCUT2D eigenvalue weighted by atomic mass is 9.42. The number of epoxide rings is 1. The van der Waals surface area contributed by atoms with E-state index in [9.17, 15) is 4.79 Å². The number of hydrogen-bond donors (Lipinski definition) is 0. The summed E-state index contributed by atoms with van der Waals surface area (Å²) in [7, 11) is 0. The van der Waals surface area contributed by atoms with E-state index in [0.29, 0.717) is 17.3 Å². The van der Waals surface area contributed by atoms with E-state index >= 15 is 0 Å². The molecule has 0 N–H and O–H groups in total. The summed E-state index contributed by atoms with van der Waals surface area (Å²) >= 11 is 0. The van der Waals surface area contributed by atoms with Gasteiger partial charge in [0.15, 0.2) is 0 Å². The van der Waals surface area contributed by atoms with Gasteiger partial charge in [0.1, 0.15) is 11.7 Å². The standard InChI is InChI=1S/C25H40O3/c1-15-8-9-16-14-18(27-20(26)21(2,3)4)22(5)12-13-25-19(22)24(16,7)17(15)10-11-23(25,6)28-25/h15-19H,8-14H2,1-7H3/t15-,16+,17?,18+,19+,22+,23+,24+,25-/m1/s1. The highest BCUT2D eigenvalue weighted by Gasteiger charge is 2.83. The Labute approximate surface area is 171 Å². The highest BCUT2D eigenvalue weighted by molar-refractivity contribution is 5.75. The van der Waals surface area contributed by atoms with Crippen molar-refractivity contribution in [1.82, 2.24) is 0 Å². The van der Waals surface area contributed by atoms with Gasteiger partial charge in [0.25, 0.3) is 0 Å². The minimum atomic E-state index is -0.439. The van der Waals surface area contributed by atoms with Crippen LogP contribution in [-0.4, -0.2) is 23.3 Å². The Kier molecular flexibility index (Phi) is 3.72. The first-order valence-corrected chi connectivity index (χ1v) is 11.8. The first kappa shape index (κ1) is 19.4. The van der Waals surface area contributed by atoms with Gasteiger partial charge < -0.3 is 9.47 Å². The fourth-order valence-corrected chi connectivity index (χ4v) is 8.91. The maximum Gasteiger partial charge on any atom is 0.311 e. The summed E-state index contributed by atoms with van der Waals surface area (Å²) in [5.41, 5.74) is 0.0137. The minimum absolute atomic E-state index is 0.0305. The molecule has 0 amide bonds. The quantitative estimate of drug-likeness (QED) is 0.424. The third-order valence-corrected chi connectivity index (χ3v) is 10.4. The summed E-state index contributed by atoms with van der Waals surface area (Å²) in [5.74, 6) is 2.74. The highest BCUT2D eigenvalue weighted by Crippen LogP contribution is 2.80. The fourth-order valence-electron chi connectivity index (χ4n) is 8.91. The van der Waals surface area contributed by atoms with Crippen LogP contribution in [0.25, 0.3) is 0 Å². The molecule has 4 saturated carbocycles. The van der Waals surface area contributed by atoms with Gasteiger partial charge >= 0.3 is 5.97 Å². The Morgan fingerprint density at radius 2 is 1.75 bits per heavy atom. The Balaban J connectivity index is 1.60. The smallest absolute Gasteiger partial charge is 0.311 e. The average molecular weight is 389 g/mol. The summed E-state index contributed by atoms with van der Waals surface area (Å²) in [5, 5.41) is 0. The molecule has 5 aliphatic rings. The number of hydrogen-bond acceptors (Lipinski definition) is 3. The van der Waals surface area contributed by atoms with Crippen molar-refractivity contribution in [2.45, 2.75) is 111 Å². The lowest BCUT2D eigenvalue weighted by molar-refractivity contribution is -0.208. The summed E-state index contributed by atoms with van der Waals surface area (Å²) in [6, 6.07) is 0. The maximum atomic E-state index is 12.9. The fraction of sp³-hybridized carbons (Fsp3) is 0.960. The van der Waals surface area contributed by atoms with Gasteiger partial charge in [-0.15, -0.1) is 0 Å². The molecule has 3 nitrogen and oxygen atoms in total. The molecule has 3 heteroatoms. The second-order valence-electron chi connectivity index (χ2n) is 12.8. The van der Waals surface area contributed by atoms with E-state index < -0.39 is 5.41 Å². The Morgan fingerprint density at radius 3 is 2.43 bits per heavy atom. The summed E-state index contributed by atoms with van der Waals surface area (Å²) in [6.45, 7) is 15.9. The van der Waals surface area contributed by atoms with Gasteiger partial charge in [0, 0.05) is 11.3 Å². The molecule has 0 bridgehead atoms. The molecule has 0 radical (unpaired) electrons. The third-order valence-electron chi connectivity index (χ3n) is 10.4. The Morgan fingerprint density at radius 1 is 1.04 bits per heavy atom. The average Bonchev–Trinajstić information content (AvgIpc) is 3.04. The van der Waals surface area contributed by atoms with E-state index in [2.05, 4.69) is 27.7 Å². The number of carbonyl (C=O) groups excluding carboxylic acids is 1. The van der Waals surface area contributed by atoms with Gasteiger partial charge in [-0.05, 0) is 89.4 Å². The lowest BCUT2D eigenvalue weighted by Crippen LogP contribution is -2.62. The minimum Gasteiger partial charge on any atom is -0.461 e. The molecule has 5 rings (SSSR count). The third kappa shape index (κ3) is 2.13. The molecule has 0 aromatic carbocycles. The molecule has 1 aliphatic heterocycles. The van der Waals surface area contributed by atoms with Crippen LogP contribution in [0.4, 0.5) is 0 Å². The lowest BCUT2D eigenvalue weighted by Gasteiger charge is -2.63. The molecule has 28 heavy (non-hydrogen) atoms. The summed E-state index contributed by atoms with van der Waals surface area (Å²) < 4.78 is 13.0. The zero-order valence-corrected chi connectivity index (χ0v) is 19.1. The second-order valence-corrected chi connectivity index (χ2v) is 12.8. The van der Waals surface area contributed by atoms with Crippen LogP contribution in [-0.2, 0) is 14.3 Å². The van der Waals surface area contributed by atoms with Crippen LogP contribution < -0.4 is 0 Å². The molecule has 4 aliphatic carbocycles. The topological polar surface area (TPSA) is 38.8 Å². The van der Waals surface area contributed by atoms with E-state index in [1.54, 1.807) is 0 Å². The number of carbonyl (C=O) groups is 1. The molecule has 1 spiro atoms. The van der Waals surface area contributed by atoms with Crippen molar-refractivity contribution in [1.29, 1.82) is 0 Å². The predicted octanol–water partition coefficient (Wildman–Crippen LogP) is 5.75. The van der Waals surface area contributed by atoms with Gasteiger partial charge in [-0.1, -0.05) is 27.2 Å². The monoisotopic (exact) mass is 388 g/mol. The molecule has 9 atom stereocenters. The normalized spacial score (nSPS) is 57.0. The largest absolute Gasteiger partial charge is 0.461 e. The SMILES string of the molecule is C[C@@H]1CC[C@H]2C[C@H](OC(=O)C(C)(C)C)[C@]3(C)CC[C@]45O[C@@]4(C)CCC1[C@@]2(C)[C@H]35. The van der Waals surface area contributed by atoms with E-state index in [1.165, 1.54) is 25.7 Å². The molecule has 0 aromatic heterocycles. The molecule has 1 saturated heterocycles. The molecule has 158 valence electrons. The van der Waals surface area contributed by atoms with Crippen molar-refractivity contribution in [3.63, 3.8) is 0 Å². The van der Waals surface area contributed by atoms with Crippen molar-refractivity contribution in [3.05, 3.63) is 0 Å². The van der Waals surface area contributed by atoms with E-state index in [-0.39, 0.29) is 28.7 Å². The first-order valence-electron chi connectivity index (χ1n) is 11.8. The number of rotatable bonds is 1. The number of ether oxygens (including phenoxy) is 2. The van der Waals surface area contributed by atoms with Crippen LogP contribution >= 0.6 is 0 Å². The van der Waals surface area contributed by atoms with E-state index in [4.69, 9.17) is 9.47 Å². The van der Waals surface area contributed by atoms with Crippen molar-refractivity contribution in [2.24, 2.45) is 39.9 Å². The van der Waals surface area contributed by atoms with Gasteiger partial charge in [-0.3, -0.25) is 4.79 Å². The Bertz CT molecular complexity index is 709. The van der Waals surface area contributed by atoms with Crippen molar-refractivity contribution in [2.75, 3.05) is 0 Å². The molecule has 1 unspecified atom stereocenters. The summed E-state index contributed by atoms with van der Waals surface area (Å²) in [6.07, 6.45) is 8.53. The predicted molar refractivity (Wildman–Crippen MR) is 110 cm³/mol. The molecule has 1 heterocycles. The maximum absolute atomic E-state index is 12.9. The molecular formula is C25H40O3. The van der Waals surface area contributed by atoms with Gasteiger partial charge in [0.2, 0.25) is 0 Å². The van der Waals surface area contributed by atoms with Gasteiger partial charge in [-0.25, -0.2) is 0 Å². The zero-order chi connectivity index (χ0) is 20.3. The van der Waals surface area contributed by atoms with Crippen molar-refractivity contribution >= 4 is 5.97 Å². The summed E-state index contributed by atoms with van der Waals surface area (Å²) in [4.78, 5) is 12.9. The van der Waals surface area contributed by atoms with E-state index in [1.807, 2.05) is 20.8 Å². The first-order chi connectivity index (χ1) is 12.9. The van der Waals surface area contributed by atoms with Crippen LogP contribution in [0.15, 0.2) is 0 Å². The van der Waals surface area contributed by atoms with Crippen LogP contribution in [0.5, 0.6) is 0 Å². The second kappa shape index (κ2) is 5.37. The van der Waals surface area contributed by atoms with Gasteiger partial charge in [0.05, 0.1) is 11.0 Å². The van der Waals surface area contributed by atoms with Crippen LogP contribution in [0, 0.1) is 39.9 Å². The van der Waals surface area contributed by atoms with E-state index in [0.717, 1.165) is 31.1 Å². The molecule has 0 aromatic rings. The van der Waals surface area contributed by atoms with Crippen molar-refractivity contribution in [3.8, 4) is 0 Å². The van der Waals surface area contributed by atoms with Crippen LogP contribution in [0.2, 0.25) is 0 Å². The van der Waals surface area contributed by atoms with Crippen LogP contribution in [0.3, 0.4) is 0 Å². The molecular weight excluding hydrogens is 348 g/mol. The number of esters is 1.